The normalized spacial score (nSPS) is 10.8. The van der Waals surface area contributed by atoms with Gasteiger partial charge < -0.3 is 0 Å². The maximum Gasteiger partial charge on any atom is 0.196 e. The summed E-state index contributed by atoms with van der Waals surface area (Å²) in [7, 11) is 0. The first-order chi connectivity index (χ1) is 10.1. The molecule has 0 N–H and O–H groups in total. The van der Waals surface area contributed by atoms with Crippen LogP contribution in [0.25, 0.3) is 10.9 Å². The van der Waals surface area contributed by atoms with Crippen LogP contribution in [0.3, 0.4) is 0 Å². The third kappa shape index (κ3) is 2.29. The molecule has 2 aromatic carbocycles. The second-order valence-corrected chi connectivity index (χ2v) is 4.79. The van der Waals surface area contributed by atoms with Gasteiger partial charge in [-0.15, -0.1) is 0 Å². The summed E-state index contributed by atoms with van der Waals surface area (Å²) in [6.07, 6.45) is 1.62. The number of halogens is 2. The van der Waals surface area contributed by atoms with Gasteiger partial charge in [0.1, 0.15) is 11.6 Å². The van der Waals surface area contributed by atoms with E-state index in [2.05, 4.69) is 4.98 Å². The highest BCUT2D eigenvalue weighted by atomic mass is 19.1. The lowest BCUT2D eigenvalue weighted by molar-refractivity contribution is 0.103. The molecule has 0 bridgehead atoms. The summed E-state index contributed by atoms with van der Waals surface area (Å²) in [5.74, 6) is -2.00. The van der Waals surface area contributed by atoms with Crippen molar-refractivity contribution in [3.8, 4) is 0 Å². The van der Waals surface area contributed by atoms with Crippen LogP contribution in [0, 0.1) is 18.6 Å². The van der Waals surface area contributed by atoms with E-state index in [0.717, 1.165) is 6.07 Å². The molecule has 4 heteroatoms. The Balaban J connectivity index is 2.20. The van der Waals surface area contributed by atoms with E-state index in [-0.39, 0.29) is 11.1 Å². The molecule has 0 saturated heterocycles. The second kappa shape index (κ2) is 5.05. The van der Waals surface area contributed by atoms with Crippen LogP contribution in [-0.2, 0) is 0 Å². The minimum atomic E-state index is -0.857. The Kier molecular flexibility index (Phi) is 3.22. The average molecular weight is 283 g/mol. The largest absolute Gasteiger partial charge is 0.288 e. The zero-order chi connectivity index (χ0) is 15.0. The lowest BCUT2D eigenvalue weighted by atomic mass is 9.97. The van der Waals surface area contributed by atoms with E-state index in [1.54, 1.807) is 36.5 Å². The molecule has 2 nitrogen and oxygen atoms in total. The fourth-order valence-corrected chi connectivity index (χ4v) is 2.28. The Labute approximate surface area is 120 Å². The molecule has 0 aliphatic heterocycles. The summed E-state index contributed by atoms with van der Waals surface area (Å²) in [5.41, 5.74) is 1.11. The molecule has 3 aromatic rings. The zero-order valence-corrected chi connectivity index (χ0v) is 11.2. The van der Waals surface area contributed by atoms with Crippen LogP contribution in [0.5, 0.6) is 0 Å². The molecule has 0 fully saturated rings. The summed E-state index contributed by atoms with van der Waals surface area (Å²) in [4.78, 5) is 16.7. The molecule has 0 atom stereocenters. The van der Waals surface area contributed by atoms with Gasteiger partial charge in [0.15, 0.2) is 5.78 Å². The van der Waals surface area contributed by atoms with E-state index in [1.807, 2.05) is 0 Å². The highest BCUT2D eigenvalue weighted by Crippen LogP contribution is 2.22. The molecule has 0 unspecified atom stereocenters. The van der Waals surface area contributed by atoms with Crippen molar-refractivity contribution >= 4 is 16.7 Å². The van der Waals surface area contributed by atoms with E-state index in [1.165, 1.54) is 13.0 Å². The van der Waals surface area contributed by atoms with E-state index >= 15 is 0 Å². The highest BCUT2D eigenvalue weighted by molar-refractivity contribution is 6.16. The van der Waals surface area contributed by atoms with Gasteiger partial charge in [-0.1, -0.05) is 18.2 Å². The summed E-state index contributed by atoms with van der Waals surface area (Å²) in [5, 5.41) is 0.645. The van der Waals surface area contributed by atoms with Gasteiger partial charge in [0.2, 0.25) is 0 Å². The summed E-state index contributed by atoms with van der Waals surface area (Å²) in [6.45, 7) is 1.50. The van der Waals surface area contributed by atoms with E-state index in [0.29, 0.717) is 16.5 Å². The number of carbonyl (C=O) groups is 1. The van der Waals surface area contributed by atoms with Gasteiger partial charge in [0.25, 0.3) is 0 Å². The Bertz CT molecular complexity index is 853. The molecule has 1 heterocycles. The third-order valence-corrected chi connectivity index (χ3v) is 3.38. The number of pyridine rings is 1. The Hall–Kier alpha value is -2.62. The van der Waals surface area contributed by atoms with Crippen LogP contribution in [0.2, 0.25) is 0 Å². The fourth-order valence-electron chi connectivity index (χ4n) is 2.28. The zero-order valence-electron chi connectivity index (χ0n) is 11.2. The molecule has 0 radical (unpaired) electrons. The van der Waals surface area contributed by atoms with Crippen molar-refractivity contribution in [2.24, 2.45) is 0 Å². The standard InChI is InChI=1S/C17H11F2NO/c1-10-8-13(15(19)9-14(10)18)17(21)12-4-2-6-16-11(12)5-3-7-20-16/h2-9H,1H3. The maximum atomic E-state index is 13.9. The van der Waals surface area contributed by atoms with Crippen molar-refractivity contribution < 1.29 is 13.6 Å². The number of fused-ring (bicyclic) bond motifs is 1. The molecular formula is C17H11F2NO. The number of aromatic nitrogens is 1. The first-order valence-corrected chi connectivity index (χ1v) is 6.42. The molecule has 0 saturated carbocycles. The first kappa shape index (κ1) is 13.4. The predicted octanol–water partition coefficient (Wildman–Crippen LogP) is 4.05. The number of benzene rings is 2. The van der Waals surface area contributed by atoms with E-state index in [9.17, 15) is 13.6 Å². The maximum absolute atomic E-state index is 13.9. The van der Waals surface area contributed by atoms with Gasteiger partial charge >= 0.3 is 0 Å². The minimum absolute atomic E-state index is 0.134. The van der Waals surface area contributed by atoms with Gasteiger partial charge in [-0.3, -0.25) is 9.78 Å². The molecule has 0 aliphatic carbocycles. The van der Waals surface area contributed by atoms with Gasteiger partial charge in [-0.2, -0.15) is 0 Å². The van der Waals surface area contributed by atoms with E-state index < -0.39 is 17.4 Å². The van der Waals surface area contributed by atoms with Crippen LogP contribution in [0.4, 0.5) is 8.78 Å². The quantitative estimate of drug-likeness (QED) is 0.664. The van der Waals surface area contributed by atoms with Crippen LogP contribution in [0.15, 0.2) is 48.7 Å². The SMILES string of the molecule is Cc1cc(C(=O)c2cccc3ncccc23)c(F)cc1F. The van der Waals surface area contributed by atoms with Gasteiger partial charge in [0, 0.05) is 23.2 Å². The topological polar surface area (TPSA) is 30.0 Å². The molecule has 0 spiro atoms. The van der Waals surface area contributed by atoms with Crippen LogP contribution in [0.1, 0.15) is 21.5 Å². The van der Waals surface area contributed by atoms with Crippen molar-refractivity contribution in [1.29, 1.82) is 0 Å². The molecule has 0 aliphatic rings. The number of hydrogen-bond acceptors (Lipinski definition) is 2. The number of hydrogen-bond donors (Lipinski definition) is 0. The fraction of sp³-hybridized carbons (Fsp3) is 0.0588. The molecule has 104 valence electrons. The Morgan fingerprint density at radius 3 is 2.62 bits per heavy atom. The molecular weight excluding hydrogens is 272 g/mol. The molecule has 0 amide bonds. The minimum Gasteiger partial charge on any atom is -0.288 e. The second-order valence-electron chi connectivity index (χ2n) is 4.79. The summed E-state index contributed by atoms with van der Waals surface area (Å²) >= 11 is 0. The summed E-state index contributed by atoms with van der Waals surface area (Å²) in [6, 6.07) is 10.5. The summed E-state index contributed by atoms with van der Waals surface area (Å²) < 4.78 is 27.2. The number of rotatable bonds is 2. The van der Waals surface area contributed by atoms with Gasteiger partial charge in [-0.05, 0) is 30.7 Å². The molecule has 3 rings (SSSR count). The molecule has 1 aromatic heterocycles. The van der Waals surface area contributed by atoms with Crippen LogP contribution in [-0.4, -0.2) is 10.8 Å². The Morgan fingerprint density at radius 1 is 1.00 bits per heavy atom. The van der Waals surface area contributed by atoms with Gasteiger partial charge in [-0.25, -0.2) is 8.78 Å². The van der Waals surface area contributed by atoms with Crippen molar-refractivity contribution in [2.75, 3.05) is 0 Å². The average Bonchev–Trinajstić information content (AvgIpc) is 2.49. The number of carbonyl (C=O) groups excluding carboxylic acids is 1. The predicted molar refractivity (Wildman–Crippen MR) is 76.3 cm³/mol. The van der Waals surface area contributed by atoms with Crippen molar-refractivity contribution in [1.82, 2.24) is 4.98 Å². The number of ketones is 1. The van der Waals surface area contributed by atoms with Crippen LogP contribution < -0.4 is 0 Å². The monoisotopic (exact) mass is 283 g/mol. The van der Waals surface area contributed by atoms with Crippen molar-refractivity contribution in [3.05, 3.63) is 77.0 Å². The first-order valence-electron chi connectivity index (χ1n) is 6.42. The van der Waals surface area contributed by atoms with Crippen molar-refractivity contribution in [3.63, 3.8) is 0 Å². The number of nitrogens with zero attached hydrogens (tertiary/aromatic N) is 1. The van der Waals surface area contributed by atoms with Crippen LogP contribution >= 0.6 is 0 Å². The third-order valence-electron chi connectivity index (χ3n) is 3.38. The number of aryl methyl sites for hydroxylation is 1. The molecule has 21 heavy (non-hydrogen) atoms. The lowest BCUT2D eigenvalue weighted by Crippen LogP contribution is -2.06. The lowest BCUT2D eigenvalue weighted by Gasteiger charge is -2.07. The smallest absolute Gasteiger partial charge is 0.196 e. The highest BCUT2D eigenvalue weighted by Gasteiger charge is 2.18. The van der Waals surface area contributed by atoms with Crippen molar-refractivity contribution in [2.45, 2.75) is 6.92 Å². The van der Waals surface area contributed by atoms with E-state index in [4.69, 9.17) is 0 Å². The Morgan fingerprint density at radius 2 is 1.81 bits per heavy atom. The van der Waals surface area contributed by atoms with Gasteiger partial charge in [0.05, 0.1) is 11.1 Å².